The van der Waals surface area contributed by atoms with Gasteiger partial charge in [-0.2, -0.15) is 0 Å². The molecule has 2 atom stereocenters. The predicted octanol–water partition coefficient (Wildman–Crippen LogP) is 2.11. The fraction of sp³-hybridized carbons (Fsp3) is 0.500. The number of hydrogen-bond donors (Lipinski definition) is 1. The van der Waals surface area contributed by atoms with Gasteiger partial charge in [0.25, 0.3) is 0 Å². The minimum atomic E-state index is -0.675. The van der Waals surface area contributed by atoms with Gasteiger partial charge in [0, 0.05) is 19.0 Å². The second kappa shape index (κ2) is 4.88. The summed E-state index contributed by atoms with van der Waals surface area (Å²) >= 11 is 0. The smallest absolute Gasteiger partial charge is 0.308 e. The lowest BCUT2D eigenvalue weighted by molar-refractivity contribution is -0.141. The summed E-state index contributed by atoms with van der Waals surface area (Å²) in [6.07, 6.45) is 0. The first-order valence-corrected chi connectivity index (χ1v) is 6.13. The average Bonchev–Trinajstić information content (AvgIpc) is 2.74. The molecule has 1 saturated heterocycles. The highest BCUT2D eigenvalue weighted by molar-refractivity contribution is 5.72. The monoisotopic (exact) mass is 233 g/mol. The summed E-state index contributed by atoms with van der Waals surface area (Å²) < 4.78 is 0. The highest BCUT2D eigenvalue weighted by Crippen LogP contribution is 2.32. The van der Waals surface area contributed by atoms with Gasteiger partial charge in [0.15, 0.2) is 0 Å². The highest BCUT2D eigenvalue weighted by atomic mass is 16.4. The fourth-order valence-electron chi connectivity index (χ4n) is 2.55. The Morgan fingerprint density at radius 1 is 1.35 bits per heavy atom. The first-order valence-electron chi connectivity index (χ1n) is 6.13. The van der Waals surface area contributed by atoms with Crippen LogP contribution in [0.1, 0.15) is 24.0 Å². The van der Waals surface area contributed by atoms with Crippen LogP contribution in [0.4, 0.5) is 0 Å². The van der Waals surface area contributed by atoms with E-state index in [9.17, 15) is 9.90 Å². The minimum Gasteiger partial charge on any atom is -0.481 e. The number of carboxylic acids is 1. The summed E-state index contributed by atoms with van der Waals surface area (Å²) in [6, 6.07) is 8.25. The van der Waals surface area contributed by atoms with E-state index in [1.807, 2.05) is 6.92 Å². The Hall–Kier alpha value is -1.35. The summed E-state index contributed by atoms with van der Waals surface area (Å²) in [7, 11) is 0. The molecule has 0 aromatic heterocycles. The zero-order valence-electron chi connectivity index (χ0n) is 10.4. The van der Waals surface area contributed by atoms with Crippen molar-refractivity contribution in [3.8, 4) is 0 Å². The predicted molar refractivity (Wildman–Crippen MR) is 67.2 cm³/mol. The molecule has 0 saturated carbocycles. The van der Waals surface area contributed by atoms with Crippen LogP contribution in [0.5, 0.6) is 0 Å². The average molecular weight is 233 g/mol. The van der Waals surface area contributed by atoms with Gasteiger partial charge in [-0.3, -0.25) is 4.79 Å². The van der Waals surface area contributed by atoms with Crippen molar-refractivity contribution < 1.29 is 9.90 Å². The third kappa shape index (κ3) is 2.50. The number of benzene rings is 1. The van der Waals surface area contributed by atoms with E-state index in [0.29, 0.717) is 6.54 Å². The van der Waals surface area contributed by atoms with E-state index in [0.717, 1.165) is 18.7 Å². The van der Waals surface area contributed by atoms with Crippen LogP contribution in [0.15, 0.2) is 24.3 Å². The van der Waals surface area contributed by atoms with E-state index >= 15 is 0 Å². The van der Waals surface area contributed by atoms with E-state index in [1.54, 1.807) is 0 Å². The van der Waals surface area contributed by atoms with Crippen molar-refractivity contribution >= 4 is 5.97 Å². The van der Waals surface area contributed by atoms with Crippen LogP contribution in [0.3, 0.4) is 0 Å². The topological polar surface area (TPSA) is 40.5 Å². The molecule has 92 valence electrons. The first-order chi connectivity index (χ1) is 8.11. The molecule has 1 fully saturated rings. The molecule has 3 heteroatoms. The number of hydrogen-bond acceptors (Lipinski definition) is 2. The van der Waals surface area contributed by atoms with Crippen LogP contribution in [-0.4, -0.2) is 35.6 Å². The van der Waals surface area contributed by atoms with Gasteiger partial charge < -0.3 is 10.0 Å². The van der Waals surface area contributed by atoms with Crippen LogP contribution in [0, 0.1) is 12.8 Å². The molecule has 1 N–H and O–H groups in total. The standard InChI is InChI=1S/C14H19NO2/c1-3-15-8-12(13(9-15)14(16)17)11-6-4-10(2)5-7-11/h4-7,12-13H,3,8-9H2,1-2H3,(H,16,17). The number of carboxylic acid groups (broad SMARTS) is 1. The number of aliphatic carboxylic acids is 1. The Labute approximate surface area is 102 Å². The Bertz CT molecular complexity index is 399. The van der Waals surface area contributed by atoms with Crippen LogP contribution in [-0.2, 0) is 4.79 Å². The molecule has 0 bridgehead atoms. The number of nitrogens with zero attached hydrogens (tertiary/aromatic N) is 1. The molecule has 3 nitrogen and oxygen atoms in total. The maximum absolute atomic E-state index is 11.3. The van der Waals surface area contributed by atoms with E-state index in [2.05, 4.69) is 36.1 Å². The van der Waals surface area contributed by atoms with Gasteiger partial charge in [0.05, 0.1) is 5.92 Å². The van der Waals surface area contributed by atoms with Crippen molar-refractivity contribution in [2.24, 2.45) is 5.92 Å². The number of rotatable bonds is 3. The van der Waals surface area contributed by atoms with E-state index in [-0.39, 0.29) is 11.8 Å². The molecule has 1 aromatic carbocycles. The Morgan fingerprint density at radius 3 is 2.53 bits per heavy atom. The van der Waals surface area contributed by atoms with E-state index in [4.69, 9.17) is 0 Å². The van der Waals surface area contributed by atoms with E-state index < -0.39 is 5.97 Å². The maximum atomic E-state index is 11.3. The summed E-state index contributed by atoms with van der Waals surface area (Å²) in [4.78, 5) is 13.5. The molecule has 1 aliphatic heterocycles. The van der Waals surface area contributed by atoms with Gasteiger partial charge in [-0.25, -0.2) is 0 Å². The first kappa shape index (κ1) is 12.1. The van der Waals surface area contributed by atoms with Gasteiger partial charge in [0.2, 0.25) is 0 Å². The SMILES string of the molecule is CCN1CC(C(=O)O)C(c2ccc(C)cc2)C1. The quantitative estimate of drug-likeness (QED) is 0.869. The molecule has 0 amide bonds. The van der Waals surface area contributed by atoms with Crippen LogP contribution < -0.4 is 0 Å². The van der Waals surface area contributed by atoms with Gasteiger partial charge in [-0.05, 0) is 19.0 Å². The molecule has 1 heterocycles. The van der Waals surface area contributed by atoms with Crippen LogP contribution in [0.2, 0.25) is 0 Å². The third-order valence-electron chi connectivity index (χ3n) is 3.67. The number of likely N-dealkylation sites (tertiary alicyclic amines) is 1. The molecular formula is C14H19NO2. The van der Waals surface area contributed by atoms with Crippen molar-refractivity contribution in [1.82, 2.24) is 4.90 Å². The van der Waals surface area contributed by atoms with Crippen molar-refractivity contribution in [3.05, 3.63) is 35.4 Å². The third-order valence-corrected chi connectivity index (χ3v) is 3.67. The van der Waals surface area contributed by atoms with Gasteiger partial charge in [-0.1, -0.05) is 36.8 Å². The Balaban J connectivity index is 2.23. The Morgan fingerprint density at radius 2 is 2.00 bits per heavy atom. The van der Waals surface area contributed by atoms with Gasteiger partial charge in [-0.15, -0.1) is 0 Å². The van der Waals surface area contributed by atoms with Crippen molar-refractivity contribution in [1.29, 1.82) is 0 Å². The van der Waals surface area contributed by atoms with E-state index in [1.165, 1.54) is 5.56 Å². The van der Waals surface area contributed by atoms with Crippen molar-refractivity contribution in [2.45, 2.75) is 19.8 Å². The minimum absolute atomic E-state index is 0.132. The zero-order valence-corrected chi connectivity index (χ0v) is 10.4. The molecule has 0 radical (unpaired) electrons. The molecule has 2 rings (SSSR count). The Kier molecular flexibility index (Phi) is 3.48. The van der Waals surface area contributed by atoms with Crippen molar-refractivity contribution in [3.63, 3.8) is 0 Å². The van der Waals surface area contributed by atoms with Gasteiger partial charge in [0.1, 0.15) is 0 Å². The summed E-state index contributed by atoms with van der Waals surface area (Å²) in [5.41, 5.74) is 2.37. The lowest BCUT2D eigenvalue weighted by atomic mass is 9.89. The molecule has 1 aliphatic rings. The second-order valence-electron chi connectivity index (χ2n) is 4.81. The summed E-state index contributed by atoms with van der Waals surface area (Å²) in [6.45, 7) is 6.58. The summed E-state index contributed by atoms with van der Waals surface area (Å²) in [5.74, 6) is -0.808. The molecule has 0 spiro atoms. The van der Waals surface area contributed by atoms with Crippen LogP contribution >= 0.6 is 0 Å². The lowest BCUT2D eigenvalue weighted by Gasteiger charge is -2.15. The largest absolute Gasteiger partial charge is 0.481 e. The molecular weight excluding hydrogens is 214 g/mol. The molecule has 1 aromatic rings. The molecule has 2 unspecified atom stereocenters. The summed E-state index contributed by atoms with van der Waals surface area (Å²) in [5, 5.41) is 9.29. The molecule has 0 aliphatic carbocycles. The molecule has 17 heavy (non-hydrogen) atoms. The van der Waals surface area contributed by atoms with Gasteiger partial charge >= 0.3 is 5.97 Å². The number of carbonyl (C=O) groups is 1. The highest BCUT2D eigenvalue weighted by Gasteiger charge is 2.37. The van der Waals surface area contributed by atoms with Crippen molar-refractivity contribution in [2.75, 3.05) is 19.6 Å². The number of likely N-dealkylation sites (N-methyl/N-ethyl adjacent to an activating group) is 1. The fourth-order valence-corrected chi connectivity index (χ4v) is 2.55. The second-order valence-corrected chi connectivity index (χ2v) is 4.81. The maximum Gasteiger partial charge on any atom is 0.308 e. The zero-order chi connectivity index (χ0) is 12.4. The lowest BCUT2D eigenvalue weighted by Crippen LogP contribution is -2.23. The number of aryl methyl sites for hydroxylation is 1. The van der Waals surface area contributed by atoms with Crippen LogP contribution in [0.25, 0.3) is 0 Å². The normalized spacial score (nSPS) is 25.1.